The second-order valence-electron chi connectivity index (χ2n) is 6.64. The normalized spacial score (nSPS) is 19.3. The Morgan fingerprint density at radius 1 is 1.23 bits per heavy atom. The molecule has 0 aliphatic carbocycles. The van der Waals surface area contributed by atoms with E-state index in [1.165, 1.54) is 12.1 Å². The molecule has 120 valence electrons. The lowest BCUT2D eigenvalue weighted by molar-refractivity contribution is 0.00578. The van der Waals surface area contributed by atoms with Crippen LogP contribution in [0.25, 0.3) is 0 Å². The first kappa shape index (κ1) is 17.0. The fraction of sp³-hybridized carbons (Fsp3) is 0.562. The first-order valence-electron chi connectivity index (χ1n) is 7.53. The van der Waals surface area contributed by atoms with Crippen LogP contribution < -0.4 is 10.8 Å². The summed E-state index contributed by atoms with van der Waals surface area (Å²) in [4.78, 5) is 12.0. The first-order valence-corrected chi connectivity index (χ1v) is 7.53. The van der Waals surface area contributed by atoms with Gasteiger partial charge in [0.05, 0.1) is 16.8 Å². The summed E-state index contributed by atoms with van der Waals surface area (Å²) in [5.41, 5.74) is 0.428. The minimum absolute atomic E-state index is 0.0113. The van der Waals surface area contributed by atoms with E-state index in [0.717, 1.165) is 0 Å². The van der Waals surface area contributed by atoms with E-state index in [-0.39, 0.29) is 5.56 Å². The average Bonchev–Trinajstić information content (AvgIpc) is 2.58. The predicted molar refractivity (Wildman–Crippen MR) is 84.9 cm³/mol. The Balaban J connectivity index is 2.41. The maximum atomic E-state index is 14.1. The first-order chi connectivity index (χ1) is 10.1. The van der Waals surface area contributed by atoms with Gasteiger partial charge in [-0.05, 0) is 64.7 Å². The number of rotatable bonds is 3. The molecule has 0 atom stereocenters. The quantitative estimate of drug-likeness (QED) is 0.871. The highest BCUT2D eigenvalue weighted by molar-refractivity contribution is 6.62. The number of amides is 1. The molecule has 1 aromatic rings. The molecule has 1 aliphatic rings. The Hall–Kier alpha value is -1.40. The van der Waals surface area contributed by atoms with Crippen molar-refractivity contribution in [2.75, 3.05) is 6.54 Å². The van der Waals surface area contributed by atoms with Crippen molar-refractivity contribution in [3.05, 3.63) is 29.1 Å². The minimum Gasteiger partial charge on any atom is -0.399 e. The van der Waals surface area contributed by atoms with Crippen molar-refractivity contribution in [3.63, 3.8) is 0 Å². The summed E-state index contributed by atoms with van der Waals surface area (Å²) in [7, 11) is -0.612. The summed E-state index contributed by atoms with van der Waals surface area (Å²) >= 11 is 0. The molecular weight excluding hydrogens is 284 g/mol. The zero-order valence-corrected chi connectivity index (χ0v) is 14.0. The van der Waals surface area contributed by atoms with Gasteiger partial charge in [-0.15, -0.1) is 0 Å². The van der Waals surface area contributed by atoms with Crippen molar-refractivity contribution in [2.45, 2.75) is 52.7 Å². The summed E-state index contributed by atoms with van der Waals surface area (Å²) in [6.45, 7) is 11.8. The number of benzene rings is 1. The van der Waals surface area contributed by atoms with Crippen LogP contribution in [0.5, 0.6) is 0 Å². The molecule has 0 spiro atoms. The molecule has 2 rings (SSSR count). The lowest BCUT2D eigenvalue weighted by atomic mass is 9.75. The highest BCUT2D eigenvalue weighted by Gasteiger charge is 2.52. The van der Waals surface area contributed by atoms with E-state index >= 15 is 0 Å². The number of halogens is 1. The van der Waals surface area contributed by atoms with Gasteiger partial charge in [-0.1, -0.05) is 0 Å². The SMILES string of the molecule is CCNC(=O)c1cc(B2OC(C)(C)C(C)(C)O2)c(C)cc1F. The molecule has 1 amide bonds. The van der Waals surface area contributed by atoms with Crippen LogP contribution in [0.15, 0.2) is 12.1 Å². The van der Waals surface area contributed by atoms with Crippen LogP contribution in [0.2, 0.25) is 0 Å². The van der Waals surface area contributed by atoms with E-state index < -0.39 is 30.0 Å². The summed E-state index contributed by atoms with van der Waals surface area (Å²) in [5, 5.41) is 2.61. The van der Waals surface area contributed by atoms with Crippen molar-refractivity contribution < 1.29 is 18.5 Å². The molecule has 22 heavy (non-hydrogen) atoms. The standard InChI is InChI=1S/C16H23BFNO3/c1-7-19-14(20)11-9-12(10(2)8-13(11)18)17-21-15(3,4)16(5,6)22-17/h8-9H,7H2,1-6H3,(H,19,20). The van der Waals surface area contributed by atoms with Crippen LogP contribution in [0.3, 0.4) is 0 Å². The van der Waals surface area contributed by atoms with Crippen molar-refractivity contribution >= 4 is 18.5 Å². The number of aryl methyl sites for hydroxylation is 1. The largest absolute Gasteiger partial charge is 0.495 e. The van der Waals surface area contributed by atoms with Gasteiger partial charge in [0.15, 0.2) is 0 Å². The molecule has 1 N–H and O–H groups in total. The van der Waals surface area contributed by atoms with Crippen LogP contribution in [0.1, 0.15) is 50.5 Å². The van der Waals surface area contributed by atoms with Crippen LogP contribution in [0.4, 0.5) is 4.39 Å². The van der Waals surface area contributed by atoms with E-state index in [1.54, 1.807) is 13.8 Å². The predicted octanol–water partition coefficient (Wildman–Crippen LogP) is 2.18. The minimum atomic E-state index is -0.612. The second kappa shape index (κ2) is 5.67. The van der Waals surface area contributed by atoms with Crippen molar-refractivity contribution in [3.8, 4) is 0 Å². The third kappa shape index (κ3) is 2.90. The zero-order chi connectivity index (χ0) is 16.7. The molecule has 0 radical (unpaired) electrons. The van der Waals surface area contributed by atoms with Crippen molar-refractivity contribution in [2.24, 2.45) is 0 Å². The molecule has 4 nitrogen and oxygen atoms in total. The smallest absolute Gasteiger partial charge is 0.399 e. The Morgan fingerprint density at radius 2 is 1.77 bits per heavy atom. The average molecular weight is 307 g/mol. The lowest BCUT2D eigenvalue weighted by Crippen LogP contribution is -2.41. The number of carbonyl (C=O) groups excluding carboxylic acids is 1. The van der Waals surface area contributed by atoms with Gasteiger partial charge in [0.25, 0.3) is 5.91 Å². The molecule has 1 fully saturated rings. The Labute approximate surface area is 131 Å². The van der Waals surface area contributed by atoms with Gasteiger partial charge in [-0.2, -0.15) is 0 Å². The van der Waals surface area contributed by atoms with Gasteiger partial charge < -0.3 is 14.6 Å². The summed E-state index contributed by atoms with van der Waals surface area (Å²) in [6, 6.07) is 2.88. The van der Waals surface area contributed by atoms with E-state index in [4.69, 9.17) is 9.31 Å². The maximum absolute atomic E-state index is 14.1. The van der Waals surface area contributed by atoms with Crippen molar-refractivity contribution in [1.29, 1.82) is 0 Å². The van der Waals surface area contributed by atoms with E-state index in [9.17, 15) is 9.18 Å². The van der Waals surface area contributed by atoms with Crippen LogP contribution in [0, 0.1) is 12.7 Å². The topological polar surface area (TPSA) is 47.6 Å². The van der Waals surface area contributed by atoms with Crippen LogP contribution in [-0.2, 0) is 9.31 Å². The Morgan fingerprint density at radius 3 is 2.27 bits per heavy atom. The summed E-state index contributed by atoms with van der Waals surface area (Å²) < 4.78 is 26.0. The molecule has 1 heterocycles. The number of carbonyl (C=O) groups is 1. The molecular formula is C16H23BFNO3. The van der Waals surface area contributed by atoms with Gasteiger partial charge in [0.2, 0.25) is 0 Å². The number of hydrogen-bond acceptors (Lipinski definition) is 3. The van der Waals surface area contributed by atoms with Gasteiger partial charge in [-0.25, -0.2) is 4.39 Å². The zero-order valence-electron chi connectivity index (χ0n) is 14.0. The number of nitrogens with one attached hydrogen (secondary N) is 1. The monoisotopic (exact) mass is 307 g/mol. The highest BCUT2D eigenvalue weighted by atomic mass is 19.1. The Kier molecular flexibility index (Phi) is 4.37. The molecule has 0 unspecified atom stereocenters. The molecule has 0 bridgehead atoms. The molecule has 1 aromatic carbocycles. The second-order valence-corrected chi connectivity index (χ2v) is 6.64. The molecule has 1 aliphatic heterocycles. The Bertz CT molecular complexity index is 585. The van der Waals surface area contributed by atoms with Gasteiger partial charge >= 0.3 is 7.12 Å². The van der Waals surface area contributed by atoms with Crippen LogP contribution in [-0.4, -0.2) is 30.8 Å². The lowest BCUT2D eigenvalue weighted by Gasteiger charge is -2.32. The maximum Gasteiger partial charge on any atom is 0.495 e. The van der Waals surface area contributed by atoms with Crippen LogP contribution >= 0.6 is 0 Å². The summed E-state index contributed by atoms with van der Waals surface area (Å²) in [6.07, 6.45) is 0. The molecule has 0 saturated carbocycles. The highest BCUT2D eigenvalue weighted by Crippen LogP contribution is 2.36. The fourth-order valence-corrected chi connectivity index (χ4v) is 2.34. The summed E-state index contributed by atoms with van der Waals surface area (Å²) in [5.74, 6) is -0.971. The molecule has 0 aromatic heterocycles. The van der Waals surface area contributed by atoms with Gasteiger partial charge in [0.1, 0.15) is 5.82 Å². The van der Waals surface area contributed by atoms with E-state index in [1.807, 2.05) is 27.7 Å². The van der Waals surface area contributed by atoms with Gasteiger partial charge in [0, 0.05) is 6.54 Å². The van der Waals surface area contributed by atoms with Gasteiger partial charge in [-0.3, -0.25) is 4.79 Å². The molecule has 1 saturated heterocycles. The fourth-order valence-electron chi connectivity index (χ4n) is 2.34. The van der Waals surface area contributed by atoms with E-state index in [2.05, 4.69) is 5.32 Å². The third-order valence-electron chi connectivity index (χ3n) is 4.44. The molecule has 6 heteroatoms. The van der Waals surface area contributed by atoms with E-state index in [0.29, 0.717) is 17.6 Å². The number of hydrogen-bond donors (Lipinski definition) is 1. The van der Waals surface area contributed by atoms with Crippen molar-refractivity contribution in [1.82, 2.24) is 5.32 Å². The third-order valence-corrected chi connectivity index (χ3v) is 4.44.